The molecule has 2 aromatic rings. The van der Waals surface area contributed by atoms with Crippen LogP contribution in [0.2, 0.25) is 10.0 Å². The predicted octanol–water partition coefficient (Wildman–Crippen LogP) is 3.26. The van der Waals surface area contributed by atoms with Crippen molar-refractivity contribution in [1.82, 2.24) is 4.98 Å². The molecule has 1 heterocycles. The molecule has 0 spiro atoms. The average molecular weight is 367 g/mol. The van der Waals surface area contributed by atoms with E-state index in [-0.39, 0.29) is 25.5 Å². The van der Waals surface area contributed by atoms with Crippen LogP contribution in [0.4, 0.5) is 5.69 Å². The molecule has 0 unspecified atom stereocenters. The zero-order valence-corrected chi connectivity index (χ0v) is 13.6. The fourth-order valence-electron chi connectivity index (χ4n) is 1.50. The molecule has 0 saturated carbocycles. The Bertz CT molecular complexity index is 818. The van der Waals surface area contributed by atoms with Crippen molar-refractivity contribution in [2.75, 3.05) is 4.72 Å². The number of sulfonamides is 1. The van der Waals surface area contributed by atoms with E-state index in [1.807, 2.05) is 0 Å². The van der Waals surface area contributed by atoms with E-state index in [1.165, 1.54) is 12.3 Å². The summed E-state index contributed by atoms with van der Waals surface area (Å²) >= 11 is 12.6. The highest BCUT2D eigenvalue weighted by molar-refractivity contribution is 7.94. The molecule has 0 fully saturated rings. The molecule has 0 aliphatic heterocycles. The van der Waals surface area contributed by atoms with E-state index in [0.29, 0.717) is 5.01 Å². The van der Waals surface area contributed by atoms with E-state index < -0.39 is 16.0 Å². The maximum Gasteiger partial charge on any atom is 0.337 e. The third kappa shape index (κ3) is 3.46. The third-order valence-electron chi connectivity index (χ3n) is 2.39. The zero-order valence-electron chi connectivity index (χ0n) is 10.4. The SMILES string of the molecule is Cc1ncc(S(=O)(=O)Nc2c(Cl)cc(Cl)cc2C(=O)O)s1. The van der Waals surface area contributed by atoms with Gasteiger partial charge in [-0.2, -0.15) is 0 Å². The minimum Gasteiger partial charge on any atom is -0.478 e. The summed E-state index contributed by atoms with van der Waals surface area (Å²) in [5, 5.41) is 9.67. The van der Waals surface area contributed by atoms with E-state index in [1.54, 1.807) is 6.92 Å². The second kappa shape index (κ2) is 5.80. The summed E-state index contributed by atoms with van der Waals surface area (Å²) in [5.74, 6) is -1.35. The fraction of sp³-hybridized carbons (Fsp3) is 0.0909. The molecule has 0 aliphatic rings. The van der Waals surface area contributed by atoms with E-state index in [0.717, 1.165) is 17.4 Å². The number of aromatic carboxylic acids is 1. The Morgan fingerprint density at radius 2 is 2.05 bits per heavy atom. The summed E-state index contributed by atoms with van der Waals surface area (Å²) in [6.07, 6.45) is 1.19. The first-order valence-electron chi connectivity index (χ1n) is 5.38. The molecule has 0 aliphatic carbocycles. The smallest absolute Gasteiger partial charge is 0.337 e. The summed E-state index contributed by atoms with van der Waals surface area (Å²) in [6.45, 7) is 1.65. The Kier molecular flexibility index (Phi) is 4.43. The van der Waals surface area contributed by atoms with Crippen molar-refractivity contribution < 1.29 is 18.3 Å². The van der Waals surface area contributed by atoms with Crippen LogP contribution in [-0.4, -0.2) is 24.5 Å². The van der Waals surface area contributed by atoms with Crippen LogP contribution in [0.25, 0.3) is 0 Å². The number of thiazole rings is 1. The number of rotatable bonds is 4. The zero-order chi connectivity index (χ0) is 15.8. The van der Waals surface area contributed by atoms with E-state index >= 15 is 0 Å². The molecule has 0 radical (unpaired) electrons. The Morgan fingerprint density at radius 3 is 2.57 bits per heavy atom. The molecule has 0 bridgehead atoms. The molecule has 21 heavy (non-hydrogen) atoms. The number of anilines is 1. The highest BCUT2D eigenvalue weighted by Crippen LogP contribution is 2.32. The fourth-order valence-corrected chi connectivity index (χ4v) is 4.30. The van der Waals surface area contributed by atoms with Crippen molar-refractivity contribution in [1.29, 1.82) is 0 Å². The van der Waals surface area contributed by atoms with Crippen LogP contribution < -0.4 is 4.72 Å². The largest absolute Gasteiger partial charge is 0.478 e. The van der Waals surface area contributed by atoms with Crippen molar-refractivity contribution in [2.24, 2.45) is 0 Å². The minimum absolute atomic E-state index is 0.0395. The van der Waals surface area contributed by atoms with Gasteiger partial charge in [-0.3, -0.25) is 4.72 Å². The van der Waals surface area contributed by atoms with E-state index in [9.17, 15) is 13.2 Å². The topological polar surface area (TPSA) is 96.4 Å². The van der Waals surface area contributed by atoms with Crippen molar-refractivity contribution in [3.05, 3.63) is 38.9 Å². The van der Waals surface area contributed by atoms with Crippen molar-refractivity contribution in [3.8, 4) is 0 Å². The standard InChI is InChI=1S/C11H8Cl2N2O4S2/c1-5-14-4-9(20-5)21(18,19)15-10-7(11(16)17)2-6(12)3-8(10)13/h2-4,15H,1H3,(H,16,17). The molecule has 2 N–H and O–H groups in total. The molecule has 2 rings (SSSR count). The minimum atomic E-state index is -3.97. The van der Waals surface area contributed by atoms with Gasteiger partial charge in [0.1, 0.15) is 0 Å². The monoisotopic (exact) mass is 366 g/mol. The first-order chi connectivity index (χ1) is 9.70. The van der Waals surface area contributed by atoms with Gasteiger partial charge in [0.15, 0.2) is 4.21 Å². The molecule has 6 nitrogen and oxygen atoms in total. The van der Waals surface area contributed by atoms with Crippen LogP contribution in [0.5, 0.6) is 0 Å². The second-order valence-corrected chi connectivity index (χ2v) is 7.91. The van der Waals surface area contributed by atoms with Gasteiger partial charge in [-0.05, 0) is 19.1 Å². The molecule has 0 atom stereocenters. The maximum absolute atomic E-state index is 12.2. The second-order valence-electron chi connectivity index (χ2n) is 3.92. The summed E-state index contributed by atoms with van der Waals surface area (Å²) in [6, 6.07) is 2.37. The summed E-state index contributed by atoms with van der Waals surface area (Å²) in [7, 11) is -3.97. The number of carbonyl (C=O) groups is 1. The van der Waals surface area contributed by atoms with Crippen LogP contribution in [0.15, 0.2) is 22.5 Å². The number of aromatic nitrogens is 1. The normalized spacial score (nSPS) is 11.4. The number of hydrogen-bond acceptors (Lipinski definition) is 5. The van der Waals surface area contributed by atoms with Gasteiger partial charge in [0.05, 0.1) is 27.5 Å². The molecule has 0 saturated heterocycles. The Balaban J connectivity index is 2.51. The lowest BCUT2D eigenvalue weighted by Crippen LogP contribution is -2.15. The Morgan fingerprint density at radius 1 is 1.38 bits per heavy atom. The molecule has 1 aromatic carbocycles. The number of benzene rings is 1. The third-order valence-corrected chi connectivity index (χ3v) is 5.63. The van der Waals surface area contributed by atoms with E-state index in [2.05, 4.69) is 9.71 Å². The number of nitrogens with one attached hydrogen (secondary N) is 1. The number of carboxylic acids is 1. The lowest BCUT2D eigenvalue weighted by atomic mass is 10.2. The predicted molar refractivity (Wildman–Crippen MR) is 81.1 cm³/mol. The summed E-state index contributed by atoms with van der Waals surface area (Å²) in [5.41, 5.74) is -0.572. The molecule has 0 amide bonds. The van der Waals surface area contributed by atoms with Gasteiger partial charge in [-0.15, -0.1) is 11.3 Å². The van der Waals surface area contributed by atoms with Gasteiger partial charge in [0.25, 0.3) is 10.0 Å². The van der Waals surface area contributed by atoms with Gasteiger partial charge in [-0.1, -0.05) is 23.2 Å². The number of hydrogen-bond donors (Lipinski definition) is 2. The first-order valence-corrected chi connectivity index (χ1v) is 8.44. The molecule has 1 aromatic heterocycles. The quantitative estimate of drug-likeness (QED) is 0.865. The summed E-state index contributed by atoms with van der Waals surface area (Å²) < 4.78 is 26.5. The molecular weight excluding hydrogens is 359 g/mol. The number of halogens is 2. The van der Waals surface area contributed by atoms with Crippen LogP contribution >= 0.6 is 34.5 Å². The van der Waals surface area contributed by atoms with Gasteiger partial charge in [0.2, 0.25) is 0 Å². The lowest BCUT2D eigenvalue weighted by molar-refractivity contribution is 0.0698. The lowest BCUT2D eigenvalue weighted by Gasteiger charge is -2.11. The van der Waals surface area contributed by atoms with Crippen LogP contribution in [-0.2, 0) is 10.0 Å². The van der Waals surface area contributed by atoms with Crippen LogP contribution in [0, 0.1) is 6.92 Å². The van der Waals surface area contributed by atoms with Crippen LogP contribution in [0.3, 0.4) is 0 Å². The van der Waals surface area contributed by atoms with Crippen molar-refractivity contribution >= 4 is 56.2 Å². The van der Waals surface area contributed by atoms with Gasteiger partial charge in [-0.25, -0.2) is 18.2 Å². The van der Waals surface area contributed by atoms with Gasteiger partial charge >= 0.3 is 5.97 Å². The highest BCUT2D eigenvalue weighted by Gasteiger charge is 2.23. The van der Waals surface area contributed by atoms with Crippen molar-refractivity contribution in [2.45, 2.75) is 11.1 Å². The molecule has 10 heteroatoms. The number of aryl methyl sites for hydroxylation is 1. The Hall–Kier alpha value is -1.35. The molecule has 112 valence electrons. The Labute approximate surface area is 134 Å². The number of nitrogens with zero attached hydrogens (tertiary/aromatic N) is 1. The van der Waals surface area contributed by atoms with Crippen LogP contribution in [0.1, 0.15) is 15.4 Å². The first kappa shape index (κ1) is 16.0. The maximum atomic E-state index is 12.2. The van der Waals surface area contributed by atoms with Crippen molar-refractivity contribution in [3.63, 3.8) is 0 Å². The average Bonchev–Trinajstić information content (AvgIpc) is 2.79. The highest BCUT2D eigenvalue weighted by atomic mass is 35.5. The summed E-state index contributed by atoms with van der Waals surface area (Å²) in [4.78, 5) is 15.0. The van der Waals surface area contributed by atoms with Gasteiger partial charge in [0, 0.05) is 5.02 Å². The molecular formula is C11H8Cl2N2O4S2. The van der Waals surface area contributed by atoms with Gasteiger partial charge < -0.3 is 5.11 Å². The number of carboxylic acid groups (broad SMARTS) is 1. The van der Waals surface area contributed by atoms with E-state index in [4.69, 9.17) is 28.3 Å².